The zero-order valence-electron chi connectivity index (χ0n) is 17.2. The molecule has 1 atom stereocenters. The van der Waals surface area contributed by atoms with Crippen molar-refractivity contribution in [3.8, 4) is 10.6 Å². The lowest BCUT2D eigenvalue weighted by molar-refractivity contribution is -0.121. The van der Waals surface area contributed by atoms with Crippen LogP contribution in [0.4, 0.5) is 5.82 Å². The molecule has 2 aromatic heterocycles. The first-order valence-electron chi connectivity index (χ1n) is 10.2. The number of benzene rings is 1. The number of nitrogens with zero attached hydrogens (tertiary/aromatic N) is 4. The predicted octanol–water partition coefficient (Wildman–Crippen LogP) is 4.37. The summed E-state index contributed by atoms with van der Waals surface area (Å²) in [6.07, 6.45) is 3.82. The Balaban J connectivity index is 1.49. The van der Waals surface area contributed by atoms with Crippen molar-refractivity contribution in [1.29, 1.82) is 0 Å². The quantitative estimate of drug-likeness (QED) is 0.678. The average molecular weight is 410 g/mol. The molecule has 1 aromatic carbocycles. The van der Waals surface area contributed by atoms with E-state index in [-0.39, 0.29) is 11.8 Å². The SMILES string of the molecule is Cc1nnc(-c2ccc3cnc(NC(=O)C4CCCN(CC(C)C)C4)cc3c2)s1. The first-order chi connectivity index (χ1) is 14.0. The van der Waals surface area contributed by atoms with E-state index in [2.05, 4.69) is 45.3 Å². The van der Waals surface area contributed by atoms with Crippen molar-refractivity contribution in [2.24, 2.45) is 11.8 Å². The van der Waals surface area contributed by atoms with Gasteiger partial charge < -0.3 is 10.2 Å². The van der Waals surface area contributed by atoms with Crippen LogP contribution in [0.25, 0.3) is 21.3 Å². The highest BCUT2D eigenvalue weighted by atomic mass is 32.1. The molecule has 1 N–H and O–H groups in total. The highest BCUT2D eigenvalue weighted by Gasteiger charge is 2.26. The van der Waals surface area contributed by atoms with Gasteiger partial charge in [-0.2, -0.15) is 0 Å². The number of likely N-dealkylation sites (tertiary alicyclic amines) is 1. The molecule has 1 amide bonds. The number of aryl methyl sites for hydroxylation is 1. The van der Waals surface area contributed by atoms with Crippen LogP contribution < -0.4 is 5.32 Å². The number of nitrogens with one attached hydrogen (secondary N) is 1. The second-order valence-electron chi connectivity index (χ2n) is 8.24. The van der Waals surface area contributed by atoms with Crippen molar-refractivity contribution >= 4 is 33.8 Å². The van der Waals surface area contributed by atoms with Gasteiger partial charge in [0.25, 0.3) is 0 Å². The molecule has 7 heteroatoms. The van der Waals surface area contributed by atoms with Crippen molar-refractivity contribution in [3.05, 3.63) is 35.5 Å². The lowest BCUT2D eigenvalue weighted by Crippen LogP contribution is -2.42. The summed E-state index contributed by atoms with van der Waals surface area (Å²) < 4.78 is 0. The summed E-state index contributed by atoms with van der Waals surface area (Å²) in [4.78, 5) is 19.7. The molecule has 0 aliphatic carbocycles. The van der Waals surface area contributed by atoms with Crippen molar-refractivity contribution in [2.75, 3.05) is 25.0 Å². The highest BCUT2D eigenvalue weighted by Crippen LogP contribution is 2.28. The normalized spacial score (nSPS) is 17.7. The smallest absolute Gasteiger partial charge is 0.229 e. The van der Waals surface area contributed by atoms with E-state index in [1.807, 2.05) is 31.3 Å². The molecule has 1 aliphatic heterocycles. The monoisotopic (exact) mass is 409 g/mol. The van der Waals surface area contributed by atoms with Crippen molar-refractivity contribution in [1.82, 2.24) is 20.1 Å². The van der Waals surface area contributed by atoms with Crippen LogP contribution in [-0.2, 0) is 4.79 Å². The lowest BCUT2D eigenvalue weighted by atomic mass is 9.96. The van der Waals surface area contributed by atoms with Crippen LogP contribution >= 0.6 is 11.3 Å². The summed E-state index contributed by atoms with van der Waals surface area (Å²) >= 11 is 1.58. The Morgan fingerprint density at radius 3 is 2.90 bits per heavy atom. The van der Waals surface area contributed by atoms with Gasteiger partial charge in [0.05, 0.1) is 5.92 Å². The first kappa shape index (κ1) is 19.9. The second kappa shape index (κ2) is 8.55. The molecule has 4 rings (SSSR count). The fraction of sp³-hybridized carbons (Fsp3) is 0.455. The molecule has 0 bridgehead atoms. The Morgan fingerprint density at radius 1 is 1.28 bits per heavy atom. The van der Waals surface area contributed by atoms with E-state index >= 15 is 0 Å². The summed E-state index contributed by atoms with van der Waals surface area (Å²) in [5.74, 6) is 1.32. The number of carbonyl (C=O) groups is 1. The number of anilines is 1. The molecule has 0 saturated carbocycles. The number of hydrogen-bond donors (Lipinski definition) is 1. The van der Waals surface area contributed by atoms with Crippen LogP contribution in [0.1, 0.15) is 31.7 Å². The molecule has 1 saturated heterocycles. The number of hydrogen-bond acceptors (Lipinski definition) is 6. The fourth-order valence-corrected chi connectivity index (χ4v) is 4.62. The highest BCUT2D eigenvalue weighted by molar-refractivity contribution is 7.14. The maximum absolute atomic E-state index is 12.8. The van der Waals surface area contributed by atoms with Gasteiger partial charge in [-0.05, 0) is 49.7 Å². The fourth-order valence-electron chi connectivity index (χ4n) is 3.94. The summed E-state index contributed by atoms with van der Waals surface area (Å²) in [5, 5.41) is 15.3. The molecule has 3 heterocycles. The first-order valence-corrected chi connectivity index (χ1v) is 11.0. The lowest BCUT2D eigenvalue weighted by Gasteiger charge is -2.32. The minimum absolute atomic E-state index is 0.0238. The van der Waals surface area contributed by atoms with Crippen LogP contribution in [0.3, 0.4) is 0 Å². The van der Waals surface area contributed by atoms with Gasteiger partial charge in [-0.25, -0.2) is 4.98 Å². The summed E-state index contributed by atoms with van der Waals surface area (Å²) in [6, 6.07) is 8.09. The van der Waals surface area contributed by atoms with Crippen molar-refractivity contribution in [2.45, 2.75) is 33.6 Å². The van der Waals surface area contributed by atoms with Crippen molar-refractivity contribution in [3.63, 3.8) is 0 Å². The minimum Gasteiger partial charge on any atom is -0.310 e. The van der Waals surface area contributed by atoms with Gasteiger partial charge in [0.2, 0.25) is 5.91 Å². The number of fused-ring (bicyclic) bond motifs is 1. The second-order valence-corrected chi connectivity index (χ2v) is 9.42. The van der Waals surface area contributed by atoms with E-state index in [0.29, 0.717) is 11.7 Å². The maximum atomic E-state index is 12.8. The minimum atomic E-state index is 0.0238. The molecule has 1 fully saturated rings. The number of carbonyl (C=O) groups excluding carboxylic acids is 1. The van der Waals surface area contributed by atoms with E-state index in [9.17, 15) is 4.79 Å². The van der Waals surface area contributed by atoms with E-state index in [1.165, 1.54) is 0 Å². The number of amides is 1. The topological polar surface area (TPSA) is 71.0 Å². The van der Waals surface area contributed by atoms with Gasteiger partial charge in [0.1, 0.15) is 15.8 Å². The number of rotatable bonds is 5. The van der Waals surface area contributed by atoms with E-state index in [4.69, 9.17) is 0 Å². The van der Waals surface area contributed by atoms with Gasteiger partial charge in [-0.1, -0.05) is 37.3 Å². The Kier molecular flexibility index (Phi) is 5.87. The Labute approximate surface area is 175 Å². The van der Waals surface area contributed by atoms with Gasteiger partial charge in [-0.15, -0.1) is 10.2 Å². The van der Waals surface area contributed by atoms with Crippen LogP contribution in [0.2, 0.25) is 0 Å². The largest absolute Gasteiger partial charge is 0.310 e. The third-order valence-corrected chi connectivity index (χ3v) is 6.13. The van der Waals surface area contributed by atoms with Crippen LogP contribution in [0.15, 0.2) is 30.5 Å². The Bertz CT molecular complexity index is 1020. The Morgan fingerprint density at radius 2 is 2.14 bits per heavy atom. The molecule has 1 unspecified atom stereocenters. The molecule has 29 heavy (non-hydrogen) atoms. The van der Waals surface area contributed by atoms with Crippen molar-refractivity contribution < 1.29 is 4.79 Å². The third-order valence-electron chi connectivity index (χ3n) is 5.25. The van der Waals surface area contributed by atoms with Crippen LogP contribution in [0.5, 0.6) is 0 Å². The van der Waals surface area contributed by atoms with Gasteiger partial charge >= 0.3 is 0 Å². The molecule has 152 valence electrons. The van der Waals surface area contributed by atoms with Gasteiger partial charge in [0, 0.05) is 30.2 Å². The number of piperidine rings is 1. The zero-order valence-corrected chi connectivity index (χ0v) is 18.0. The molecular weight excluding hydrogens is 382 g/mol. The van der Waals surface area contributed by atoms with Crippen LogP contribution in [-0.4, -0.2) is 45.6 Å². The molecule has 0 radical (unpaired) electrons. The molecular formula is C22H27N5OS. The van der Waals surface area contributed by atoms with Gasteiger partial charge in [-0.3, -0.25) is 4.79 Å². The summed E-state index contributed by atoms with van der Waals surface area (Å²) in [5.41, 5.74) is 1.03. The van der Waals surface area contributed by atoms with E-state index in [0.717, 1.165) is 58.8 Å². The molecule has 6 nitrogen and oxygen atoms in total. The summed E-state index contributed by atoms with van der Waals surface area (Å²) in [6.45, 7) is 9.36. The average Bonchev–Trinajstić information content (AvgIpc) is 3.13. The van der Waals surface area contributed by atoms with Gasteiger partial charge in [0.15, 0.2) is 0 Å². The van der Waals surface area contributed by atoms with Crippen LogP contribution in [0, 0.1) is 18.8 Å². The maximum Gasteiger partial charge on any atom is 0.229 e. The number of aromatic nitrogens is 3. The molecule has 1 aliphatic rings. The standard InChI is InChI=1S/C22H27N5OS/c1-14(2)12-27-8-4-5-18(13-27)21(28)24-20-10-19-9-16(6-7-17(19)11-23-20)22-26-25-15(3)29-22/h6-7,9-11,14,18H,4-5,8,12-13H2,1-3H3,(H,23,24,28). The zero-order chi connectivity index (χ0) is 20.4. The van der Waals surface area contributed by atoms with E-state index in [1.54, 1.807) is 11.3 Å². The summed E-state index contributed by atoms with van der Waals surface area (Å²) in [7, 11) is 0. The predicted molar refractivity (Wildman–Crippen MR) is 118 cm³/mol. The molecule has 0 spiro atoms. The number of pyridine rings is 1. The third kappa shape index (κ3) is 4.79. The Hall–Kier alpha value is -2.38. The van der Waals surface area contributed by atoms with E-state index < -0.39 is 0 Å². The molecule has 3 aromatic rings.